The average molecular weight is 104 g/mol. The Morgan fingerprint density at radius 2 is 2.43 bits per heavy atom. The molecule has 1 heterocycles. The zero-order valence-electron chi connectivity index (χ0n) is 4.41. The Morgan fingerprint density at radius 3 is 2.43 bits per heavy atom. The van der Waals surface area contributed by atoms with Crippen molar-refractivity contribution in [1.29, 1.82) is 0 Å². The molecule has 42 valence electrons. The van der Waals surface area contributed by atoms with Gasteiger partial charge in [0.05, 0.1) is 6.61 Å². The molecule has 0 aromatic heterocycles. The largest absolute Gasteiger partial charge is 0.345 e. The first kappa shape index (κ1) is 5.04. The zero-order valence-corrected chi connectivity index (χ0v) is 4.41. The molecule has 1 saturated heterocycles. The smallest absolute Gasteiger partial charge is 0.211 e. The Kier molecular flexibility index (Phi) is 1.04. The number of halogens is 1. The second kappa shape index (κ2) is 1.44. The summed E-state index contributed by atoms with van der Waals surface area (Å²) in [5, 5.41) is 0. The Hall–Kier alpha value is -0.110. The van der Waals surface area contributed by atoms with Crippen molar-refractivity contribution in [1.82, 2.24) is 0 Å². The molecule has 0 radical (unpaired) electrons. The van der Waals surface area contributed by atoms with Crippen molar-refractivity contribution in [2.75, 3.05) is 6.61 Å². The van der Waals surface area contributed by atoms with Crippen LogP contribution in [0.2, 0.25) is 0 Å². The number of rotatable bonds is 1. The van der Waals surface area contributed by atoms with E-state index in [1.165, 1.54) is 0 Å². The summed E-state index contributed by atoms with van der Waals surface area (Å²) in [6, 6.07) is 0. The summed E-state index contributed by atoms with van der Waals surface area (Å²) in [7, 11) is 0. The molecule has 0 aromatic carbocycles. The lowest BCUT2D eigenvalue weighted by Crippen LogP contribution is -2.38. The third-order valence-electron chi connectivity index (χ3n) is 1.36. The molecule has 1 nitrogen and oxygen atoms in total. The van der Waals surface area contributed by atoms with E-state index in [2.05, 4.69) is 4.74 Å². The van der Waals surface area contributed by atoms with Gasteiger partial charge in [-0.3, -0.25) is 0 Å². The fraction of sp³-hybridized carbons (Fsp3) is 1.00. The molecule has 0 saturated carbocycles. The molecular formula is C5H9FO. The molecular weight excluding hydrogens is 95.1 g/mol. The molecule has 1 aliphatic rings. The molecule has 1 aliphatic heterocycles. The molecule has 1 unspecified atom stereocenters. The Balaban J connectivity index is 2.29. The van der Waals surface area contributed by atoms with E-state index in [1.54, 1.807) is 6.92 Å². The molecule has 1 atom stereocenters. The quantitative estimate of drug-likeness (QED) is 0.489. The first-order valence-electron chi connectivity index (χ1n) is 2.60. The van der Waals surface area contributed by atoms with Crippen LogP contribution in [0.4, 0.5) is 4.39 Å². The summed E-state index contributed by atoms with van der Waals surface area (Å²) in [5.41, 5.74) is 0. The van der Waals surface area contributed by atoms with E-state index >= 15 is 0 Å². The standard InChI is InChI=1S/C5H9FO/c1-2-5(6)3-4-7-5/h2-4H2,1H3. The van der Waals surface area contributed by atoms with Gasteiger partial charge in [0.15, 0.2) is 0 Å². The van der Waals surface area contributed by atoms with Crippen molar-refractivity contribution in [3.8, 4) is 0 Å². The first-order valence-corrected chi connectivity index (χ1v) is 2.60. The van der Waals surface area contributed by atoms with Crippen LogP contribution in [0.5, 0.6) is 0 Å². The van der Waals surface area contributed by atoms with E-state index < -0.39 is 5.85 Å². The highest BCUT2D eigenvalue weighted by Crippen LogP contribution is 2.30. The number of hydrogen-bond acceptors (Lipinski definition) is 1. The van der Waals surface area contributed by atoms with Crippen LogP contribution in [0, 0.1) is 0 Å². The third kappa shape index (κ3) is 0.752. The molecule has 0 aromatic rings. The topological polar surface area (TPSA) is 9.23 Å². The van der Waals surface area contributed by atoms with Crippen molar-refractivity contribution < 1.29 is 9.13 Å². The van der Waals surface area contributed by atoms with Gasteiger partial charge in [0.1, 0.15) is 0 Å². The summed E-state index contributed by atoms with van der Waals surface area (Å²) in [6.07, 6.45) is 1.08. The van der Waals surface area contributed by atoms with Crippen molar-refractivity contribution >= 4 is 0 Å². The summed E-state index contributed by atoms with van der Waals surface area (Å²) < 4.78 is 17.0. The van der Waals surface area contributed by atoms with Gasteiger partial charge < -0.3 is 4.74 Å². The normalized spacial score (nSPS) is 40.3. The molecule has 1 fully saturated rings. The summed E-state index contributed by atoms with van der Waals surface area (Å²) in [6.45, 7) is 2.39. The molecule has 0 bridgehead atoms. The highest BCUT2D eigenvalue weighted by molar-refractivity contribution is 4.72. The summed E-state index contributed by atoms with van der Waals surface area (Å²) >= 11 is 0. The minimum Gasteiger partial charge on any atom is -0.345 e. The van der Waals surface area contributed by atoms with Crippen molar-refractivity contribution in [2.45, 2.75) is 25.6 Å². The van der Waals surface area contributed by atoms with Crippen LogP contribution in [-0.4, -0.2) is 12.5 Å². The van der Waals surface area contributed by atoms with E-state index in [0.29, 0.717) is 19.4 Å². The van der Waals surface area contributed by atoms with Crippen LogP contribution >= 0.6 is 0 Å². The number of hydrogen-bond donors (Lipinski definition) is 0. The van der Waals surface area contributed by atoms with E-state index in [0.717, 1.165) is 0 Å². The van der Waals surface area contributed by atoms with Crippen LogP contribution in [0.25, 0.3) is 0 Å². The molecule has 2 heteroatoms. The molecule has 0 N–H and O–H groups in total. The van der Waals surface area contributed by atoms with Gasteiger partial charge >= 0.3 is 0 Å². The van der Waals surface area contributed by atoms with E-state index in [9.17, 15) is 4.39 Å². The predicted octanol–water partition coefficient (Wildman–Crippen LogP) is 1.48. The lowest BCUT2D eigenvalue weighted by atomic mass is 10.1. The van der Waals surface area contributed by atoms with Gasteiger partial charge in [0.2, 0.25) is 5.85 Å². The molecule has 0 spiro atoms. The molecule has 1 rings (SSSR count). The lowest BCUT2D eigenvalue weighted by Gasteiger charge is -2.32. The third-order valence-corrected chi connectivity index (χ3v) is 1.36. The van der Waals surface area contributed by atoms with Gasteiger partial charge in [-0.2, -0.15) is 0 Å². The fourth-order valence-electron chi connectivity index (χ4n) is 0.602. The fourth-order valence-corrected chi connectivity index (χ4v) is 0.602. The minimum atomic E-state index is -1.24. The Morgan fingerprint density at radius 1 is 1.86 bits per heavy atom. The van der Waals surface area contributed by atoms with Crippen LogP contribution in [0.15, 0.2) is 0 Å². The average Bonchev–Trinajstić information content (AvgIpc) is 1.61. The van der Waals surface area contributed by atoms with Gasteiger partial charge in [0, 0.05) is 12.8 Å². The van der Waals surface area contributed by atoms with E-state index in [-0.39, 0.29) is 0 Å². The van der Waals surface area contributed by atoms with Gasteiger partial charge in [-0.1, -0.05) is 6.92 Å². The van der Waals surface area contributed by atoms with Gasteiger partial charge in [0.25, 0.3) is 0 Å². The van der Waals surface area contributed by atoms with Crippen LogP contribution < -0.4 is 0 Å². The second-order valence-electron chi connectivity index (χ2n) is 1.84. The molecule has 0 aliphatic carbocycles. The van der Waals surface area contributed by atoms with Gasteiger partial charge in [-0.25, -0.2) is 4.39 Å². The maximum Gasteiger partial charge on any atom is 0.211 e. The van der Waals surface area contributed by atoms with Crippen LogP contribution in [-0.2, 0) is 4.74 Å². The van der Waals surface area contributed by atoms with Crippen LogP contribution in [0.1, 0.15) is 19.8 Å². The SMILES string of the molecule is CCC1(F)CCO1. The monoisotopic (exact) mass is 104 g/mol. The van der Waals surface area contributed by atoms with Gasteiger partial charge in [-0.15, -0.1) is 0 Å². The summed E-state index contributed by atoms with van der Waals surface area (Å²) in [4.78, 5) is 0. The Labute approximate surface area is 42.5 Å². The number of alkyl halides is 1. The first-order chi connectivity index (χ1) is 3.27. The molecule has 0 amide bonds. The summed E-state index contributed by atoms with van der Waals surface area (Å²) in [5.74, 6) is -1.24. The van der Waals surface area contributed by atoms with Crippen LogP contribution in [0.3, 0.4) is 0 Å². The maximum absolute atomic E-state index is 12.4. The highest BCUT2D eigenvalue weighted by atomic mass is 19.2. The van der Waals surface area contributed by atoms with E-state index in [4.69, 9.17) is 0 Å². The Bertz CT molecular complexity index is 63.0. The second-order valence-corrected chi connectivity index (χ2v) is 1.84. The van der Waals surface area contributed by atoms with Gasteiger partial charge in [-0.05, 0) is 0 Å². The highest BCUT2D eigenvalue weighted by Gasteiger charge is 2.35. The van der Waals surface area contributed by atoms with Crippen molar-refractivity contribution in [3.63, 3.8) is 0 Å². The van der Waals surface area contributed by atoms with E-state index in [1.807, 2.05) is 0 Å². The molecule has 7 heavy (non-hydrogen) atoms. The number of ether oxygens (including phenoxy) is 1. The maximum atomic E-state index is 12.4. The van der Waals surface area contributed by atoms with Crippen molar-refractivity contribution in [3.05, 3.63) is 0 Å². The minimum absolute atomic E-state index is 0.493. The lowest BCUT2D eigenvalue weighted by molar-refractivity contribution is -0.233. The zero-order chi connectivity index (χ0) is 5.33. The predicted molar refractivity (Wildman–Crippen MR) is 24.7 cm³/mol. The van der Waals surface area contributed by atoms with Crippen molar-refractivity contribution in [2.24, 2.45) is 0 Å².